The van der Waals surface area contributed by atoms with Gasteiger partial charge in [0.15, 0.2) is 11.5 Å². The van der Waals surface area contributed by atoms with Gasteiger partial charge in [0.1, 0.15) is 0 Å². The SMILES string of the molecule is O=C(NCCc1ccc(O)c(O)c1)C1(c2ccccc2)CC1. The highest BCUT2D eigenvalue weighted by Gasteiger charge is 2.50. The van der Waals surface area contributed by atoms with Crippen molar-refractivity contribution in [2.24, 2.45) is 0 Å². The molecule has 1 aliphatic rings. The summed E-state index contributed by atoms with van der Waals surface area (Å²) in [5, 5.41) is 21.7. The second-order valence-corrected chi connectivity index (χ2v) is 5.78. The van der Waals surface area contributed by atoms with E-state index in [-0.39, 0.29) is 22.8 Å². The summed E-state index contributed by atoms with van der Waals surface area (Å²) in [6.07, 6.45) is 2.40. The monoisotopic (exact) mass is 297 g/mol. The molecule has 22 heavy (non-hydrogen) atoms. The summed E-state index contributed by atoms with van der Waals surface area (Å²) in [5.74, 6) is -0.192. The second kappa shape index (κ2) is 5.72. The van der Waals surface area contributed by atoms with Crippen molar-refractivity contribution < 1.29 is 15.0 Å². The molecule has 1 aliphatic carbocycles. The van der Waals surface area contributed by atoms with E-state index in [0.717, 1.165) is 24.0 Å². The van der Waals surface area contributed by atoms with Gasteiger partial charge in [0.2, 0.25) is 5.91 Å². The summed E-state index contributed by atoms with van der Waals surface area (Å²) in [4.78, 5) is 12.4. The molecular formula is C18H19NO3. The van der Waals surface area contributed by atoms with Crippen LogP contribution in [0.4, 0.5) is 0 Å². The number of rotatable bonds is 5. The zero-order chi connectivity index (χ0) is 15.6. The van der Waals surface area contributed by atoms with Gasteiger partial charge in [-0.3, -0.25) is 4.79 Å². The van der Waals surface area contributed by atoms with Gasteiger partial charge in [-0.1, -0.05) is 36.4 Å². The number of aromatic hydroxyl groups is 2. The van der Waals surface area contributed by atoms with Crippen LogP contribution in [0.25, 0.3) is 0 Å². The first-order valence-corrected chi connectivity index (χ1v) is 7.46. The van der Waals surface area contributed by atoms with Gasteiger partial charge in [-0.2, -0.15) is 0 Å². The van der Waals surface area contributed by atoms with E-state index in [1.807, 2.05) is 30.3 Å². The molecule has 0 spiro atoms. The van der Waals surface area contributed by atoms with E-state index in [1.54, 1.807) is 6.07 Å². The third-order valence-electron chi connectivity index (χ3n) is 4.25. The Morgan fingerprint density at radius 3 is 2.41 bits per heavy atom. The van der Waals surface area contributed by atoms with Crippen LogP contribution in [0.2, 0.25) is 0 Å². The summed E-state index contributed by atoms with van der Waals surface area (Å²) in [6, 6.07) is 14.6. The lowest BCUT2D eigenvalue weighted by molar-refractivity contribution is -0.123. The minimum Gasteiger partial charge on any atom is -0.504 e. The normalized spacial score (nSPS) is 15.3. The lowest BCUT2D eigenvalue weighted by Gasteiger charge is -2.15. The maximum atomic E-state index is 12.4. The Balaban J connectivity index is 1.58. The Bertz CT molecular complexity index is 678. The van der Waals surface area contributed by atoms with Crippen molar-refractivity contribution in [3.05, 3.63) is 59.7 Å². The van der Waals surface area contributed by atoms with Crippen LogP contribution >= 0.6 is 0 Å². The van der Waals surface area contributed by atoms with Crippen molar-refractivity contribution in [3.8, 4) is 11.5 Å². The van der Waals surface area contributed by atoms with E-state index in [2.05, 4.69) is 5.32 Å². The quantitative estimate of drug-likeness (QED) is 0.743. The number of phenols is 2. The number of hydrogen-bond donors (Lipinski definition) is 3. The minimum atomic E-state index is -0.349. The maximum absolute atomic E-state index is 12.4. The Hall–Kier alpha value is -2.49. The molecule has 4 heteroatoms. The van der Waals surface area contributed by atoms with Crippen molar-refractivity contribution in [3.63, 3.8) is 0 Å². The summed E-state index contributed by atoms with van der Waals surface area (Å²) in [6.45, 7) is 0.512. The van der Waals surface area contributed by atoms with Gasteiger partial charge in [-0.15, -0.1) is 0 Å². The molecule has 0 heterocycles. The summed E-state index contributed by atoms with van der Waals surface area (Å²) < 4.78 is 0. The van der Waals surface area contributed by atoms with E-state index in [4.69, 9.17) is 0 Å². The molecule has 114 valence electrons. The van der Waals surface area contributed by atoms with E-state index in [1.165, 1.54) is 12.1 Å². The van der Waals surface area contributed by atoms with E-state index in [9.17, 15) is 15.0 Å². The molecule has 0 radical (unpaired) electrons. The van der Waals surface area contributed by atoms with Crippen LogP contribution in [0.1, 0.15) is 24.0 Å². The summed E-state index contributed by atoms with van der Waals surface area (Å²) in [5.41, 5.74) is 1.60. The highest BCUT2D eigenvalue weighted by Crippen LogP contribution is 2.48. The lowest BCUT2D eigenvalue weighted by Crippen LogP contribution is -2.35. The van der Waals surface area contributed by atoms with Crippen LogP contribution in [0.3, 0.4) is 0 Å². The van der Waals surface area contributed by atoms with Gasteiger partial charge in [0.05, 0.1) is 5.41 Å². The van der Waals surface area contributed by atoms with Gasteiger partial charge in [0, 0.05) is 6.54 Å². The molecule has 0 aliphatic heterocycles. The van der Waals surface area contributed by atoms with Gasteiger partial charge < -0.3 is 15.5 Å². The first-order valence-electron chi connectivity index (χ1n) is 7.46. The second-order valence-electron chi connectivity index (χ2n) is 5.78. The molecule has 0 bridgehead atoms. The minimum absolute atomic E-state index is 0.0710. The Kier molecular flexibility index (Phi) is 3.75. The van der Waals surface area contributed by atoms with Crippen molar-refractivity contribution in [1.82, 2.24) is 5.32 Å². The van der Waals surface area contributed by atoms with Crippen LogP contribution in [-0.2, 0) is 16.6 Å². The van der Waals surface area contributed by atoms with Gasteiger partial charge in [-0.25, -0.2) is 0 Å². The molecule has 0 unspecified atom stereocenters. The van der Waals surface area contributed by atoms with E-state index < -0.39 is 0 Å². The Morgan fingerprint density at radius 1 is 1.05 bits per heavy atom. The fourth-order valence-electron chi connectivity index (χ4n) is 2.74. The smallest absolute Gasteiger partial charge is 0.230 e. The molecule has 4 nitrogen and oxygen atoms in total. The van der Waals surface area contributed by atoms with Crippen LogP contribution in [-0.4, -0.2) is 22.7 Å². The Morgan fingerprint density at radius 2 is 1.77 bits per heavy atom. The molecule has 1 amide bonds. The number of amides is 1. The van der Waals surface area contributed by atoms with Crippen molar-refractivity contribution in [2.45, 2.75) is 24.7 Å². The third-order valence-corrected chi connectivity index (χ3v) is 4.25. The molecule has 1 fully saturated rings. The molecule has 0 aromatic heterocycles. The number of carbonyl (C=O) groups is 1. The average molecular weight is 297 g/mol. The lowest BCUT2D eigenvalue weighted by atomic mass is 9.95. The van der Waals surface area contributed by atoms with Crippen LogP contribution in [0.5, 0.6) is 11.5 Å². The van der Waals surface area contributed by atoms with Crippen LogP contribution in [0, 0.1) is 0 Å². The van der Waals surface area contributed by atoms with Crippen molar-refractivity contribution >= 4 is 5.91 Å². The first kappa shape index (κ1) is 14.4. The van der Waals surface area contributed by atoms with E-state index >= 15 is 0 Å². The molecule has 1 saturated carbocycles. The number of nitrogens with one attached hydrogen (secondary N) is 1. The molecule has 2 aromatic carbocycles. The van der Waals surface area contributed by atoms with Crippen molar-refractivity contribution in [2.75, 3.05) is 6.54 Å². The number of benzene rings is 2. The van der Waals surface area contributed by atoms with Crippen LogP contribution < -0.4 is 5.32 Å². The standard InChI is InChI=1S/C18H19NO3/c20-15-7-6-13(12-16(15)21)8-11-19-17(22)18(9-10-18)14-4-2-1-3-5-14/h1-7,12,20-21H,8-11H2,(H,19,22). The van der Waals surface area contributed by atoms with Gasteiger partial charge in [0.25, 0.3) is 0 Å². The molecular weight excluding hydrogens is 278 g/mol. The van der Waals surface area contributed by atoms with Gasteiger partial charge in [-0.05, 0) is 42.5 Å². The molecule has 3 N–H and O–H groups in total. The Labute approximate surface area is 129 Å². The first-order chi connectivity index (χ1) is 10.6. The molecule has 0 saturated heterocycles. The highest BCUT2D eigenvalue weighted by molar-refractivity contribution is 5.91. The fraction of sp³-hybridized carbons (Fsp3) is 0.278. The number of hydrogen-bond acceptors (Lipinski definition) is 3. The molecule has 2 aromatic rings. The topological polar surface area (TPSA) is 69.6 Å². The summed E-state index contributed by atoms with van der Waals surface area (Å²) in [7, 11) is 0. The number of carbonyl (C=O) groups excluding carboxylic acids is 1. The predicted octanol–water partition coefficient (Wildman–Crippen LogP) is 2.49. The largest absolute Gasteiger partial charge is 0.504 e. The number of phenolic OH excluding ortho intramolecular Hbond substituents is 2. The highest BCUT2D eigenvalue weighted by atomic mass is 16.3. The zero-order valence-electron chi connectivity index (χ0n) is 12.2. The maximum Gasteiger partial charge on any atom is 0.230 e. The van der Waals surface area contributed by atoms with E-state index in [0.29, 0.717) is 13.0 Å². The predicted molar refractivity (Wildman–Crippen MR) is 83.8 cm³/mol. The van der Waals surface area contributed by atoms with Crippen molar-refractivity contribution in [1.29, 1.82) is 0 Å². The summed E-state index contributed by atoms with van der Waals surface area (Å²) >= 11 is 0. The van der Waals surface area contributed by atoms with Gasteiger partial charge >= 0.3 is 0 Å². The average Bonchev–Trinajstić information content (AvgIpc) is 3.33. The zero-order valence-corrected chi connectivity index (χ0v) is 12.2. The van der Waals surface area contributed by atoms with Crippen LogP contribution in [0.15, 0.2) is 48.5 Å². The fourth-order valence-corrected chi connectivity index (χ4v) is 2.74. The molecule has 0 atom stereocenters. The third kappa shape index (κ3) is 2.77. The molecule has 3 rings (SSSR count).